The van der Waals surface area contributed by atoms with E-state index in [1.165, 1.54) is 44.9 Å². The largest absolute Gasteiger partial charge is 0.343 e. The summed E-state index contributed by atoms with van der Waals surface area (Å²) in [4.78, 5) is 16.7. The van der Waals surface area contributed by atoms with Crippen LogP contribution in [-0.4, -0.2) is 48.9 Å². The lowest BCUT2D eigenvalue weighted by molar-refractivity contribution is -0.133. The van der Waals surface area contributed by atoms with Crippen molar-refractivity contribution in [3.05, 3.63) is 0 Å². The fourth-order valence-corrected chi connectivity index (χ4v) is 3.33. The molecule has 1 heterocycles. The van der Waals surface area contributed by atoms with Crippen LogP contribution in [0.25, 0.3) is 0 Å². The number of piperidine rings is 1. The molecule has 18 heavy (non-hydrogen) atoms. The van der Waals surface area contributed by atoms with E-state index in [2.05, 4.69) is 16.8 Å². The maximum Gasteiger partial charge on any atom is 0.222 e. The van der Waals surface area contributed by atoms with Crippen LogP contribution in [0.4, 0.5) is 0 Å². The molecule has 2 rings (SSSR count). The SMILES string of the molecule is CN1CCC(CC(=O)N(C)C2CCCCC2)CC1. The van der Waals surface area contributed by atoms with E-state index in [0.717, 1.165) is 19.5 Å². The molecule has 0 spiro atoms. The third-order valence-electron chi connectivity index (χ3n) is 4.82. The second-order valence-electron chi connectivity index (χ2n) is 6.25. The van der Waals surface area contributed by atoms with Crippen molar-refractivity contribution in [2.45, 2.75) is 57.4 Å². The smallest absolute Gasteiger partial charge is 0.222 e. The van der Waals surface area contributed by atoms with Crippen LogP contribution in [0, 0.1) is 5.92 Å². The van der Waals surface area contributed by atoms with E-state index in [1.54, 1.807) is 0 Å². The van der Waals surface area contributed by atoms with Gasteiger partial charge in [0.1, 0.15) is 0 Å². The van der Waals surface area contributed by atoms with Crippen molar-refractivity contribution in [3.8, 4) is 0 Å². The standard InChI is InChI=1S/C15H28N2O/c1-16-10-8-13(9-11-16)12-15(18)17(2)14-6-4-3-5-7-14/h13-14H,3-12H2,1-2H3. The predicted molar refractivity (Wildman–Crippen MR) is 74.5 cm³/mol. The van der Waals surface area contributed by atoms with Gasteiger partial charge in [-0.3, -0.25) is 4.79 Å². The van der Waals surface area contributed by atoms with Crippen LogP contribution in [0.5, 0.6) is 0 Å². The number of nitrogens with zero attached hydrogens (tertiary/aromatic N) is 2. The van der Waals surface area contributed by atoms with E-state index in [0.29, 0.717) is 17.9 Å². The maximum atomic E-state index is 12.3. The number of rotatable bonds is 3. The average Bonchev–Trinajstić information content (AvgIpc) is 2.41. The summed E-state index contributed by atoms with van der Waals surface area (Å²) in [5.74, 6) is 1.01. The summed E-state index contributed by atoms with van der Waals surface area (Å²) in [5, 5.41) is 0. The summed E-state index contributed by atoms with van der Waals surface area (Å²) >= 11 is 0. The Hall–Kier alpha value is -0.570. The van der Waals surface area contributed by atoms with Gasteiger partial charge in [0.15, 0.2) is 0 Å². The Kier molecular flexibility index (Phi) is 5.04. The Morgan fingerprint density at radius 3 is 2.33 bits per heavy atom. The normalized spacial score (nSPS) is 24.1. The second kappa shape index (κ2) is 6.55. The summed E-state index contributed by atoms with van der Waals surface area (Å²) in [6.45, 7) is 2.32. The van der Waals surface area contributed by atoms with E-state index in [9.17, 15) is 4.79 Å². The zero-order valence-electron chi connectivity index (χ0n) is 12.0. The van der Waals surface area contributed by atoms with Gasteiger partial charge in [0.25, 0.3) is 0 Å². The van der Waals surface area contributed by atoms with Crippen molar-refractivity contribution in [1.82, 2.24) is 9.80 Å². The average molecular weight is 252 g/mol. The molecule has 0 aromatic rings. The molecule has 0 radical (unpaired) electrons. The summed E-state index contributed by atoms with van der Waals surface area (Å²) in [6, 6.07) is 0.525. The van der Waals surface area contributed by atoms with Crippen molar-refractivity contribution < 1.29 is 4.79 Å². The first-order valence-electron chi connectivity index (χ1n) is 7.61. The lowest BCUT2D eigenvalue weighted by Gasteiger charge is -2.34. The molecule has 0 aromatic heterocycles. The van der Waals surface area contributed by atoms with E-state index >= 15 is 0 Å². The van der Waals surface area contributed by atoms with Gasteiger partial charge in [0, 0.05) is 19.5 Å². The molecule has 0 N–H and O–H groups in total. The topological polar surface area (TPSA) is 23.6 Å². The van der Waals surface area contributed by atoms with Crippen molar-refractivity contribution in [3.63, 3.8) is 0 Å². The summed E-state index contributed by atoms with van der Waals surface area (Å²) in [5.41, 5.74) is 0. The number of hydrogen-bond acceptors (Lipinski definition) is 2. The molecule has 1 saturated heterocycles. The highest BCUT2D eigenvalue weighted by Crippen LogP contribution is 2.25. The summed E-state index contributed by atoms with van der Waals surface area (Å²) in [6.07, 6.45) is 9.56. The highest BCUT2D eigenvalue weighted by molar-refractivity contribution is 5.76. The van der Waals surface area contributed by atoms with Crippen molar-refractivity contribution in [1.29, 1.82) is 0 Å². The van der Waals surface area contributed by atoms with E-state index < -0.39 is 0 Å². The number of hydrogen-bond donors (Lipinski definition) is 0. The summed E-state index contributed by atoms with van der Waals surface area (Å²) in [7, 11) is 4.19. The molecule has 2 aliphatic rings. The highest BCUT2D eigenvalue weighted by atomic mass is 16.2. The van der Waals surface area contributed by atoms with Crippen molar-refractivity contribution >= 4 is 5.91 Å². The van der Waals surface area contributed by atoms with Crippen LogP contribution in [0.2, 0.25) is 0 Å². The quantitative estimate of drug-likeness (QED) is 0.770. The lowest BCUT2D eigenvalue weighted by atomic mass is 9.91. The molecule has 0 bridgehead atoms. The van der Waals surface area contributed by atoms with Crippen LogP contribution < -0.4 is 0 Å². The third kappa shape index (κ3) is 3.71. The predicted octanol–water partition coefficient (Wildman–Crippen LogP) is 2.51. The van der Waals surface area contributed by atoms with Crippen LogP contribution in [0.3, 0.4) is 0 Å². The number of amides is 1. The number of carbonyl (C=O) groups excluding carboxylic acids is 1. The summed E-state index contributed by atoms with van der Waals surface area (Å²) < 4.78 is 0. The Morgan fingerprint density at radius 2 is 1.72 bits per heavy atom. The molecule has 1 amide bonds. The second-order valence-corrected chi connectivity index (χ2v) is 6.25. The van der Waals surface area contributed by atoms with Gasteiger partial charge < -0.3 is 9.80 Å². The van der Waals surface area contributed by atoms with Crippen LogP contribution in [-0.2, 0) is 4.79 Å². The van der Waals surface area contributed by atoms with Gasteiger partial charge in [-0.1, -0.05) is 19.3 Å². The van der Waals surface area contributed by atoms with Gasteiger partial charge in [-0.25, -0.2) is 0 Å². The van der Waals surface area contributed by atoms with Gasteiger partial charge in [-0.15, -0.1) is 0 Å². The Morgan fingerprint density at radius 1 is 1.11 bits per heavy atom. The molecule has 3 nitrogen and oxygen atoms in total. The van der Waals surface area contributed by atoms with Crippen molar-refractivity contribution in [2.24, 2.45) is 5.92 Å². The van der Waals surface area contributed by atoms with Gasteiger partial charge in [0.2, 0.25) is 5.91 Å². The lowest BCUT2D eigenvalue weighted by Crippen LogP contribution is -2.40. The molecule has 104 valence electrons. The third-order valence-corrected chi connectivity index (χ3v) is 4.82. The fourth-order valence-electron chi connectivity index (χ4n) is 3.33. The van der Waals surface area contributed by atoms with Crippen LogP contribution >= 0.6 is 0 Å². The molecule has 2 fully saturated rings. The van der Waals surface area contributed by atoms with Gasteiger partial charge in [0.05, 0.1) is 0 Å². The molecule has 3 heteroatoms. The minimum atomic E-state index is 0.386. The van der Waals surface area contributed by atoms with E-state index in [-0.39, 0.29) is 0 Å². The molecule has 1 aliphatic heterocycles. The molecule has 0 atom stereocenters. The first-order chi connectivity index (χ1) is 8.66. The molecular formula is C15H28N2O. The van der Waals surface area contributed by atoms with Crippen LogP contribution in [0.1, 0.15) is 51.4 Å². The van der Waals surface area contributed by atoms with E-state index in [4.69, 9.17) is 0 Å². The minimum absolute atomic E-state index is 0.386. The molecule has 1 saturated carbocycles. The first-order valence-corrected chi connectivity index (χ1v) is 7.61. The van der Waals surface area contributed by atoms with Crippen LogP contribution in [0.15, 0.2) is 0 Å². The van der Waals surface area contributed by atoms with E-state index in [1.807, 2.05) is 7.05 Å². The number of carbonyl (C=O) groups is 1. The van der Waals surface area contributed by atoms with Crippen molar-refractivity contribution in [2.75, 3.05) is 27.2 Å². The van der Waals surface area contributed by atoms with Gasteiger partial charge in [-0.2, -0.15) is 0 Å². The fraction of sp³-hybridized carbons (Fsp3) is 0.933. The molecule has 1 aliphatic carbocycles. The zero-order chi connectivity index (χ0) is 13.0. The highest BCUT2D eigenvalue weighted by Gasteiger charge is 2.25. The Balaban J connectivity index is 1.76. The van der Waals surface area contributed by atoms with Gasteiger partial charge >= 0.3 is 0 Å². The Labute approximate surface area is 112 Å². The Bertz CT molecular complexity index is 266. The monoisotopic (exact) mass is 252 g/mol. The molecular weight excluding hydrogens is 224 g/mol. The molecule has 0 unspecified atom stereocenters. The zero-order valence-corrected chi connectivity index (χ0v) is 12.0. The minimum Gasteiger partial charge on any atom is -0.343 e. The molecule has 0 aromatic carbocycles. The van der Waals surface area contributed by atoms with Gasteiger partial charge in [-0.05, 0) is 51.7 Å². The first kappa shape index (κ1) is 13.9. The maximum absolute atomic E-state index is 12.3. The number of likely N-dealkylation sites (tertiary alicyclic amines) is 1.